The number of nitro groups is 1. The monoisotopic (exact) mass is 241 g/mol. The molecule has 0 fully saturated rings. The van der Waals surface area contributed by atoms with E-state index in [0.717, 1.165) is 0 Å². The van der Waals surface area contributed by atoms with E-state index in [1.165, 1.54) is 11.6 Å². The predicted molar refractivity (Wildman–Crippen MR) is 60.0 cm³/mol. The summed E-state index contributed by atoms with van der Waals surface area (Å²) in [6.07, 6.45) is 0.447. The van der Waals surface area contributed by atoms with E-state index in [9.17, 15) is 14.9 Å². The Morgan fingerprint density at radius 1 is 1.65 bits per heavy atom. The number of amides is 1. The number of carbonyl (C=O) groups is 1. The number of carbonyl (C=O) groups excluding carboxylic acids is 1. The molecule has 8 heteroatoms. The Hall–Kier alpha value is -1.96. The van der Waals surface area contributed by atoms with Crippen LogP contribution in [0.5, 0.6) is 0 Å². The highest BCUT2D eigenvalue weighted by Gasteiger charge is 2.28. The van der Waals surface area contributed by atoms with E-state index in [2.05, 4.69) is 5.10 Å². The fourth-order valence-corrected chi connectivity index (χ4v) is 1.79. The molecule has 1 heterocycles. The molecule has 1 unspecified atom stereocenters. The van der Waals surface area contributed by atoms with Crippen LogP contribution < -0.4 is 11.3 Å². The summed E-state index contributed by atoms with van der Waals surface area (Å²) in [6.45, 7) is 4.88. The molecule has 1 aromatic rings. The van der Waals surface area contributed by atoms with Crippen LogP contribution >= 0.6 is 0 Å². The number of hydrogen-bond acceptors (Lipinski definition) is 5. The zero-order chi connectivity index (χ0) is 13.2. The van der Waals surface area contributed by atoms with Crippen molar-refractivity contribution < 1.29 is 9.72 Å². The molecule has 0 radical (unpaired) electrons. The molecule has 0 saturated heterocycles. The lowest BCUT2D eigenvalue weighted by molar-refractivity contribution is -0.386. The normalized spacial score (nSPS) is 12.2. The van der Waals surface area contributed by atoms with Crippen molar-refractivity contribution in [3.05, 3.63) is 21.5 Å². The summed E-state index contributed by atoms with van der Waals surface area (Å²) in [7, 11) is 0. The van der Waals surface area contributed by atoms with Gasteiger partial charge in [0.25, 0.3) is 5.91 Å². The highest BCUT2D eigenvalue weighted by atomic mass is 16.6. The number of hydrogen-bond donors (Lipinski definition) is 2. The van der Waals surface area contributed by atoms with E-state index in [-0.39, 0.29) is 11.4 Å². The summed E-state index contributed by atoms with van der Waals surface area (Å²) in [4.78, 5) is 21.9. The van der Waals surface area contributed by atoms with Crippen LogP contribution in [0.3, 0.4) is 0 Å². The number of rotatable bonds is 4. The Labute approximate surface area is 97.9 Å². The van der Waals surface area contributed by atoms with Crippen molar-refractivity contribution in [2.75, 3.05) is 0 Å². The highest BCUT2D eigenvalue weighted by molar-refractivity contribution is 5.79. The third-order valence-corrected chi connectivity index (χ3v) is 2.60. The van der Waals surface area contributed by atoms with Gasteiger partial charge in [0, 0.05) is 0 Å². The quantitative estimate of drug-likeness (QED) is 0.341. The molecule has 1 rings (SSSR count). The van der Waals surface area contributed by atoms with Crippen molar-refractivity contribution in [1.29, 1.82) is 0 Å². The first-order chi connectivity index (χ1) is 7.93. The van der Waals surface area contributed by atoms with Crippen LogP contribution in [0.1, 0.15) is 30.8 Å². The van der Waals surface area contributed by atoms with Gasteiger partial charge in [0.2, 0.25) is 0 Å². The summed E-state index contributed by atoms with van der Waals surface area (Å²) < 4.78 is 1.34. The van der Waals surface area contributed by atoms with Gasteiger partial charge in [-0.1, -0.05) is 6.92 Å². The number of aromatic nitrogens is 2. The fraction of sp³-hybridized carbons (Fsp3) is 0.556. The second kappa shape index (κ2) is 4.91. The zero-order valence-corrected chi connectivity index (χ0v) is 9.93. The van der Waals surface area contributed by atoms with Crippen LogP contribution in [0.25, 0.3) is 0 Å². The molecule has 8 nitrogen and oxygen atoms in total. The van der Waals surface area contributed by atoms with Gasteiger partial charge in [-0.15, -0.1) is 0 Å². The van der Waals surface area contributed by atoms with E-state index < -0.39 is 16.9 Å². The van der Waals surface area contributed by atoms with Gasteiger partial charge in [-0.25, -0.2) is 10.5 Å². The van der Waals surface area contributed by atoms with Gasteiger partial charge in [-0.3, -0.25) is 20.3 Å². The lowest BCUT2D eigenvalue weighted by Crippen LogP contribution is -2.37. The molecule has 0 aliphatic heterocycles. The van der Waals surface area contributed by atoms with Gasteiger partial charge >= 0.3 is 5.69 Å². The molecule has 0 spiro atoms. The summed E-state index contributed by atoms with van der Waals surface area (Å²) >= 11 is 0. The molecule has 0 saturated carbocycles. The van der Waals surface area contributed by atoms with E-state index in [1.807, 2.05) is 5.43 Å². The van der Waals surface area contributed by atoms with Crippen molar-refractivity contribution >= 4 is 11.6 Å². The predicted octanol–water partition coefficient (Wildman–Crippen LogP) is 0.349. The van der Waals surface area contributed by atoms with Gasteiger partial charge in [0.1, 0.15) is 17.4 Å². The van der Waals surface area contributed by atoms with Crippen molar-refractivity contribution in [3.8, 4) is 0 Å². The van der Waals surface area contributed by atoms with Crippen LogP contribution in [-0.2, 0) is 4.79 Å². The van der Waals surface area contributed by atoms with Gasteiger partial charge < -0.3 is 0 Å². The summed E-state index contributed by atoms with van der Waals surface area (Å²) in [5.41, 5.74) is 2.61. The molecule has 94 valence electrons. The zero-order valence-electron chi connectivity index (χ0n) is 9.93. The van der Waals surface area contributed by atoms with Gasteiger partial charge in [0.15, 0.2) is 0 Å². The van der Waals surface area contributed by atoms with Gasteiger partial charge in [-0.2, -0.15) is 5.10 Å². The van der Waals surface area contributed by atoms with Crippen LogP contribution in [0.2, 0.25) is 0 Å². The van der Waals surface area contributed by atoms with Crippen LogP contribution in [0.15, 0.2) is 0 Å². The van der Waals surface area contributed by atoms with Gasteiger partial charge in [0.05, 0.1) is 4.92 Å². The lowest BCUT2D eigenvalue weighted by atomic mass is 10.2. The molecule has 0 aromatic carbocycles. The van der Waals surface area contributed by atoms with Crippen LogP contribution in [0.4, 0.5) is 5.69 Å². The molecule has 1 amide bonds. The summed E-state index contributed by atoms with van der Waals surface area (Å²) in [5.74, 6) is 4.64. The number of nitrogens with zero attached hydrogens (tertiary/aromatic N) is 3. The second-order valence-corrected chi connectivity index (χ2v) is 3.65. The van der Waals surface area contributed by atoms with Crippen molar-refractivity contribution in [2.45, 2.75) is 33.2 Å². The van der Waals surface area contributed by atoms with Crippen molar-refractivity contribution in [3.63, 3.8) is 0 Å². The van der Waals surface area contributed by atoms with Gasteiger partial charge in [-0.05, 0) is 20.3 Å². The Morgan fingerprint density at radius 3 is 2.59 bits per heavy atom. The topological polar surface area (TPSA) is 116 Å². The maximum atomic E-state index is 11.5. The lowest BCUT2D eigenvalue weighted by Gasteiger charge is -2.14. The Kier molecular flexibility index (Phi) is 3.79. The molecule has 0 aliphatic carbocycles. The molecule has 3 N–H and O–H groups in total. The largest absolute Gasteiger partial charge is 0.312 e. The molecular formula is C9H15N5O3. The maximum Gasteiger partial charge on any atom is 0.312 e. The third-order valence-electron chi connectivity index (χ3n) is 2.60. The highest BCUT2D eigenvalue weighted by Crippen LogP contribution is 2.25. The Balaban J connectivity index is 3.27. The Morgan fingerprint density at radius 2 is 2.24 bits per heavy atom. The molecule has 17 heavy (non-hydrogen) atoms. The standard InChI is InChI=1S/C9H15N5O3/c1-4-7(9(15)11-10)13-6(3)8(14(16)17)5(2)12-13/h7H,4,10H2,1-3H3,(H,11,15). The van der Waals surface area contributed by atoms with E-state index in [0.29, 0.717) is 12.1 Å². The molecule has 0 aliphatic rings. The first-order valence-electron chi connectivity index (χ1n) is 5.14. The van der Waals surface area contributed by atoms with Crippen LogP contribution in [-0.4, -0.2) is 20.6 Å². The first kappa shape index (κ1) is 13.1. The average Bonchev–Trinajstić information content (AvgIpc) is 2.55. The fourth-order valence-electron chi connectivity index (χ4n) is 1.79. The second-order valence-electron chi connectivity index (χ2n) is 3.65. The molecule has 1 aromatic heterocycles. The number of hydrazine groups is 1. The summed E-state index contributed by atoms with van der Waals surface area (Å²) in [6, 6.07) is -0.632. The Bertz CT molecular complexity index is 454. The minimum Gasteiger partial charge on any atom is -0.292 e. The number of nitrogens with two attached hydrogens (primary N) is 1. The van der Waals surface area contributed by atoms with E-state index >= 15 is 0 Å². The molecule has 1 atom stereocenters. The minimum atomic E-state index is -0.632. The first-order valence-corrected chi connectivity index (χ1v) is 5.14. The average molecular weight is 241 g/mol. The van der Waals surface area contributed by atoms with E-state index in [4.69, 9.17) is 5.84 Å². The van der Waals surface area contributed by atoms with Crippen molar-refractivity contribution in [1.82, 2.24) is 15.2 Å². The smallest absolute Gasteiger partial charge is 0.292 e. The van der Waals surface area contributed by atoms with Crippen molar-refractivity contribution in [2.24, 2.45) is 5.84 Å². The van der Waals surface area contributed by atoms with Crippen LogP contribution in [0, 0.1) is 24.0 Å². The number of aryl methyl sites for hydroxylation is 1. The molecular weight excluding hydrogens is 226 g/mol. The third kappa shape index (κ3) is 2.26. The minimum absolute atomic E-state index is 0.0618. The number of nitrogens with one attached hydrogen (secondary N) is 1. The SMILES string of the molecule is CCC(C(=O)NN)n1nc(C)c([N+](=O)[O-])c1C. The maximum absolute atomic E-state index is 11.5. The molecule has 0 bridgehead atoms. The summed E-state index contributed by atoms with van der Waals surface area (Å²) in [5, 5.41) is 14.9. The van der Waals surface area contributed by atoms with E-state index in [1.54, 1.807) is 13.8 Å².